The number of anilines is 1. The molecule has 21 heavy (non-hydrogen) atoms. The minimum Gasteiger partial charge on any atom is -0.317 e. The Morgan fingerprint density at radius 1 is 0.952 bits per heavy atom. The average molecular weight is 300 g/mol. The van der Waals surface area contributed by atoms with Crippen molar-refractivity contribution in [1.29, 1.82) is 0 Å². The third-order valence-electron chi connectivity index (χ3n) is 3.89. The lowest BCUT2D eigenvalue weighted by molar-refractivity contribution is 0.460. The van der Waals surface area contributed by atoms with Crippen LogP contribution in [0.5, 0.6) is 0 Å². The third-order valence-corrected chi connectivity index (χ3v) is 5.01. The molecule has 2 N–H and O–H groups in total. The highest BCUT2D eigenvalue weighted by atomic mass is 32.2. The predicted molar refractivity (Wildman–Crippen MR) is 87.8 cm³/mol. The molecule has 2 aromatic rings. The first-order valence-corrected chi connectivity index (χ1v) is 8.52. The zero-order chi connectivity index (χ0) is 14.5. The zero-order valence-electron chi connectivity index (χ0n) is 11.9. The molecule has 1 heterocycles. The molecule has 0 radical (unpaired) electrons. The van der Waals surface area contributed by atoms with E-state index in [-0.39, 0.29) is 0 Å². The first-order chi connectivity index (χ1) is 10.3. The van der Waals surface area contributed by atoms with Crippen LogP contribution >= 0.6 is 0 Å². The summed E-state index contributed by atoms with van der Waals surface area (Å²) in [5, 5.41) is 3.38. The van der Waals surface area contributed by atoms with Crippen LogP contribution in [0, 0.1) is 0 Å². The number of nitrogens with one attached hydrogen (secondary N) is 2. The molecular formula is C17H20N2OS. The molecule has 1 aliphatic rings. The highest BCUT2D eigenvalue weighted by Gasteiger charge is 2.15. The van der Waals surface area contributed by atoms with E-state index < -0.39 is 11.0 Å². The van der Waals surface area contributed by atoms with Gasteiger partial charge in [0.25, 0.3) is 0 Å². The number of hydrogen-bond acceptors (Lipinski definition) is 2. The number of piperidine rings is 1. The summed E-state index contributed by atoms with van der Waals surface area (Å²) in [6.07, 6.45) is 2.37. The van der Waals surface area contributed by atoms with E-state index in [1.54, 1.807) is 0 Å². The molecule has 1 fully saturated rings. The van der Waals surface area contributed by atoms with Crippen molar-refractivity contribution in [2.45, 2.75) is 23.7 Å². The molecule has 1 saturated heterocycles. The highest BCUT2D eigenvalue weighted by molar-refractivity contribution is 7.86. The molecule has 0 spiro atoms. The maximum Gasteiger partial charge on any atom is 0.150 e. The topological polar surface area (TPSA) is 41.1 Å². The van der Waals surface area contributed by atoms with E-state index in [1.165, 1.54) is 18.4 Å². The average Bonchev–Trinajstić information content (AvgIpc) is 2.57. The predicted octanol–water partition coefficient (Wildman–Crippen LogP) is 3.29. The Morgan fingerprint density at radius 2 is 1.62 bits per heavy atom. The minimum atomic E-state index is -1.21. The first kappa shape index (κ1) is 14.3. The summed E-state index contributed by atoms with van der Waals surface area (Å²) in [4.78, 5) is 0.816. The van der Waals surface area contributed by atoms with Crippen LogP contribution in [0.2, 0.25) is 0 Å². The summed E-state index contributed by atoms with van der Waals surface area (Å²) in [5.74, 6) is 0.635. The fraction of sp³-hybridized carbons (Fsp3) is 0.294. The van der Waals surface area contributed by atoms with Crippen molar-refractivity contribution in [1.82, 2.24) is 5.32 Å². The van der Waals surface area contributed by atoms with Crippen LogP contribution in [-0.4, -0.2) is 17.3 Å². The molecule has 3 rings (SSSR count). The van der Waals surface area contributed by atoms with Gasteiger partial charge in [-0.2, -0.15) is 0 Å². The molecule has 3 nitrogen and oxygen atoms in total. The van der Waals surface area contributed by atoms with Gasteiger partial charge in [-0.25, -0.2) is 4.21 Å². The van der Waals surface area contributed by atoms with E-state index in [0.717, 1.165) is 23.7 Å². The molecule has 1 unspecified atom stereocenters. The fourth-order valence-corrected chi connectivity index (χ4v) is 3.54. The molecule has 0 amide bonds. The maximum atomic E-state index is 12.3. The van der Waals surface area contributed by atoms with Gasteiger partial charge in [-0.1, -0.05) is 30.3 Å². The lowest BCUT2D eigenvalue weighted by Crippen LogP contribution is -2.26. The van der Waals surface area contributed by atoms with Gasteiger partial charge in [0.1, 0.15) is 11.0 Å². The van der Waals surface area contributed by atoms with Crippen LogP contribution in [0.1, 0.15) is 24.3 Å². The summed E-state index contributed by atoms with van der Waals surface area (Å²) >= 11 is 0. The van der Waals surface area contributed by atoms with Gasteiger partial charge in [0.15, 0.2) is 0 Å². The number of rotatable bonds is 4. The largest absolute Gasteiger partial charge is 0.317 e. The van der Waals surface area contributed by atoms with E-state index in [2.05, 4.69) is 22.2 Å². The maximum absolute atomic E-state index is 12.3. The molecule has 0 aromatic heterocycles. The monoisotopic (exact) mass is 300 g/mol. The second-order valence-corrected chi connectivity index (χ2v) is 6.54. The molecule has 2 aromatic carbocycles. The third kappa shape index (κ3) is 3.71. The summed E-state index contributed by atoms with van der Waals surface area (Å²) in [7, 11) is -1.21. The summed E-state index contributed by atoms with van der Waals surface area (Å²) in [5.41, 5.74) is 2.23. The van der Waals surface area contributed by atoms with Crippen LogP contribution in [0.25, 0.3) is 0 Å². The zero-order valence-corrected chi connectivity index (χ0v) is 12.7. The Bertz CT molecular complexity index is 592. The van der Waals surface area contributed by atoms with Gasteiger partial charge in [-0.15, -0.1) is 0 Å². The van der Waals surface area contributed by atoms with Crippen LogP contribution < -0.4 is 10.0 Å². The van der Waals surface area contributed by atoms with Gasteiger partial charge >= 0.3 is 0 Å². The van der Waals surface area contributed by atoms with Gasteiger partial charge in [0.2, 0.25) is 0 Å². The quantitative estimate of drug-likeness (QED) is 0.909. The lowest BCUT2D eigenvalue weighted by atomic mass is 9.90. The second-order valence-electron chi connectivity index (χ2n) is 5.33. The number of hydrogen-bond donors (Lipinski definition) is 2. The van der Waals surface area contributed by atoms with E-state index in [4.69, 9.17) is 0 Å². The van der Waals surface area contributed by atoms with Crippen LogP contribution in [0.4, 0.5) is 5.69 Å². The van der Waals surface area contributed by atoms with E-state index in [9.17, 15) is 4.21 Å². The van der Waals surface area contributed by atoms with Crippen molar-refractivity contribution in [3.05, 3.63) is 60.2 Å². The molecule has 0 aliphatic carbocycles. The molecular weight excluding hydrogens is 280 g/mol. The molecule has 110 valence electrons. The van der Waals surface area contributed by atoms with Crippen LogP contribution in [0.15, 0.2) is 59.5 Å². The Balaban J connectivity index is 1.67. The van der Waals surface area contributed by atoms with Crippen molar-refractivity contribution in [3.8, 4) is 0 Å². The molecule has 0 bridgehead atoms. The lowest BCUT2D eigenvalue weighted by Gasteiger charge is -2.23. The number of benzene rings is 2. The SMILES string of the molecule is O=S(Nc1ccccc1)c1ccc(C2CCNCC2)cc1. The van der Waals surface area contributed by atoms with E-state index in [1.807, 2.05) is 42.5 Å². The van der Waals surface area contributed by atoms with Gasteiger partial charge in [0.05, 0.1) is 4.90 Å². The number of para-hydroxylation sites is 1. The molecule has 4 heteroatoms. The van der Waals surface area contributed by atoms with Crippen molar-refractivity contribution in [2.75, 3.05) is 17.8 Å². The van der Waals surface area contributed by atoms with Gasteiger partial charge in [0, 0.05) is 5.69 Å². The van der Waals surface area contributed by atoms with Gasteiger partial charge in [-0.3, -0.25) is 0 Å². The van der Waals surface area contributed by atoms with Crippen molar-refractivity contribution in [2.24, 2.45) is 0 Å². The minimum absolute atomic E-state index is 0.635. The van der Waals surface area contributed by atoms with E-state index >= 15 is 0 Å². The molecule has 1 aliphatic heterocycles. The van der Waals surface area contributed by atoms with Crippen LogP contribution in [0.3, 0.4) is 0 Å². The summed E-state index contributed by atoms with van der Waals surface area (Å²) < 4.78 is 15.3. The normalized spacial score (nSPS) is 17.3. The standard InChI is InChI=1S/C17H20N2OS/c20-21(19-16-4-2-1-3-5-16)17-8-6-14(7-9-17)15-10-12-18-13-11-15/h1-9,15,18-19H,10-13H2. The fourth-order valence-electron chi connectivity index (χ4n) is 2.69. The Morgan fingerprint density at radius 3 is 2.29 bits per heavy atom. The van der Waals surface area contributed by atoms with Crippen LogP contribution in [-0.2, 0) is 11.0 Å². The first-order valence-electron chi connectivity index (χ1n) is 7.37. The van der Waals surface area contributed by atoms with E-state index in [0.29, 0.717) is 5.92 Å². The van der Waals surface area contributed by atoms with Crippen molar-refractivity contribution < 1.29 is 4.21 Å². The summed E-state index contributed by atoms with van der Waals surface area (Å²) in [6, 6.07) is 17.8. The smallest absolute Gasteiger partial charge is 0.150 e. The Hall–Kier alpha value is -1.65. The summed E-state index contributed by atoms with van der Waals surface area (Å²) in [6.45, 7) is 2.18. The highest BCUT2D eigenvalue weighted by Crippen LogP contribution is 2.25. The molecule has 0 saturated carbocycles. The molecule has 1 atom stereocenters. The Kier molecular flexibility index (Phi) is 4.68. The van der Waals surface area contributed by atoms with Crippen molar-refractivity contribution in [3.63, 3.8) is 0 Å². The Labute approximate surface area is 128 Å². The van der Waals surface area contributed by atoms with Crippen molar-refractivity contribution >= 4 is 16.7 Å². The van der Waals surface area contributed by atoms with Gasteiger partial charge in [-0.05, 0) is 61.7 Å². The second kappa shape index (κ2) is 6.87. The van der Waals surface area contributed by atoms with Gasteiger partial charge < -0.3 is 10.0 Å².